The molecule has 0 radical (unpaired) electrons. The lowest BCUT2D eigenvalue weighted by molar-refractivity contribution is 0.584. The number of nitrogens with one attached hydrogen (secondary N) is 1. The first-order valence-electron chi connectivity index (χ1n) is 8.33. The molecule has 0 spiro atoms. The van der Waals surface area contributed by atoms with Crippen molar-refractivity contribution < 1.29 is 4.39 Å². The van der Waals surface area contributed by atoms with Gasteiger partial charge in [0.05, 0.1) is 23.0 Å². The van der Waals surface area contributed by atoms with Crippen LogP contribution in [0.15, 0.2) is 60.9 Å². The summed E-state index contributed by atoms with van der Waals surface area (Å²) in [5, 5.41) is 23.9. The van der Waals surface area contributed by atoms with Gasteiger partial charge in [-0.2, -0.15) is 14.3 Å². The number of anilines is 1. The minimum Gasteiger partial charge on any atom is -0.349 e. The Morgan fingerprint density at radius 1 is 1.14 bits per heavy atom. The molecule has 0 aliphatic carbocycles. The van der Waals surface area contributed by atoms with Gasteiger partial charge in [-0.15, -0.1) is 0 Å². The van der Waals surface area contributed by atoms with Gasteiger partial charge in [-0.3, -0.25) is 4.98 Å². The second-order valence-corrected chi connectivity index (χ2v) is 5.81. The smallest absolute Gasteiger partial charge is 0.248 e. The number of nitriles is 1. The third-order valence-corrected chi connectivity index (χ3v) is 4.01. The number of halogens is 1. The molecular weight excluding hydrogens is 359 g/mol. The molecule has 3 aromatic heterocycles. The van der Waals surface area contributed by atoms with Crippen LogP contribution in [0.3, 0.4) is 0 Å². The molecule has 0 aliphatic rings. The Balaban J connectivity index is 1.62. The van der Waals surface area contributed by atoms with E-state index in [1.807, 2.05) is 6.07 Å². The summed E-state index contributed by atoms with van der Waals surface area (Å²) in [4.78, 5) is 8.07. The maximum atomic E-state index is 13.7. The summed E-state index contributed by atoms with van der Waals surface area (Å²) in [6.45, 7) is 0.315. The van der Waals surface area contributed by atoms with E-state index in [0.717, 1.165) is 5.56 Å². The van der Waals surface area contributed by atoms with Gasteiger partial charge in [-0.1, -0.05) is 17.2 Å². The van der Waals surface area contributed by atoms with Crippen molar-refractivity contribution >= 4 is 5.95 Å². The molecule has 136 valence electrons. The predicted octanol–water partition coefficient (Wildman–Crippen LogP) is 2.74. The molecule has 1 N–H and O–H groups in total. The molecule has 1 aromatic carbocycles. The number of hydrogen-bond donors (Lipinski definition) is 1. The molecule has 0 unspecified atom stereocenters. The first-order valence-corrected chi connectivity index (χ1v) is 8.33. The van der Waals surface area contributed by atoms with E-state index in [1.165, 1.54) is 10.7 Å². The molecular formula is C19H13FN8. The van der Waals surface area contributed by atoms with Gasteiger partial charge in [0.15, 0.2) is 0 Å². The molecule has 4 rings (SSSR count). The number of nitrogens with zero attached hydrogens (tertiary/aromatic N) is 7. The van der Waals surface area contributed by atoms with Gasteiger partial charge < -0.3 is 5.32 Å². The van der Waals surface area contributed by atoms with Crippen LogP contribution in [0.25, 0.3) is 16.9 Å². The van der Waals surface area contributed by atoms with E-state index in [-0.39, 0.29) is 0 Å². The normalized spacial score (nSPS) is 10.4. The zero-order chi connectivity index (χ0) is 19.3. The Labute approximate surface area is 159 Å². The van der Waals surface area contributed by atoms with E-state index in [9.17, 15) is 4.39 Å². The van der Waals surface area contributed by atoms with Crippen LogP contribution in [0.5, 0.6) is 0 Å². The molecule has 0 atom stereocenters. The van der Waals surface area contributed by atoms with E-state index in [2.05, 4.69) is 36.9 Å². The van der Waals surface area contributed by atoms with Crippen molar-refractivity contribution in [3.63, 3.8) is 0 Å². The van der Waals surface area contributed by atoms with Crippen LogP contribution in [0.4, 0.5) is 10.3 Å². The molecule has 4 aromatic rings. The fourth-order valence-corrected chi connectivity index (χ4v) is 2.71. The second kappa shape index (κ2) is 7.59. The van der Waals surface area contributed by atoms with Crippen molar-refractivity contribution in [2.45, 2.75) is 6.54 Å². The Kier molecular flexibility index (Phi) is 4.67. The van der Waals surface area contributed by atoms with Crippen molar-refractivity contribution in [3.8, 4) is 23.0 Å². The number of aromatic nitrogens is 6. The molecule has 0 amide bonds. The summed E-state index contributed by atoms with van der Waals surface area (Å²) >= 11 is 0. The minimum atomic E-state index is -0.569. The molecule has 9 heteroatoms. The highest BCUT2D eigenvalue weighted by Crippen LogP contribution is 2.22. The Hall–Kier alpha value is -4.19. The lowest BCUT2D eigenvalue weighted by Gasteiger charge is -2.11. The van der Waals surface area contributed by atoms with Gasteiger partial charge in [0.1, 0.15) is 0 Å². The third kappa shape index (κ3) is 3.52. The Morgan fingerprint density at radius 3 is 2.89 bits per heavy atom. The molecule has 0 saturated heterocycles. The maximum Gasteiger partial charge on any atom is 0.248 e. The third-order valence-electron chi connectivity index (χ3n) is 4.01. The van der Waals surface area contributed by atoms with E-state index < -0.39 is 5.95 Å². The molecule has 0 aliphatic heterocycles. The van der Waals surface area contributed by atoms with Crippen molar-refractivity contribution in [1.29, 1.82) is 5.26 Å². The topological polar surface area (TPSA) is 105 Å². The van der Waals surface area contributed by atoms with Gasteiger partial charge in [0, 0.05) is 24.5 Å². The van der Waals surface area contributed by atoms with E-state index in [4.69, 9.17) is 5.26 Å². The Bertz CT molecular complexity index is 1150. The average Bonchev–Trinajstić information content (AvgIpc) is 3.22. The number of pyridine rings is 2. The predicted molar refractivity (Wildman–Crippen MR) is 98.6 cm³/mol. The molecule has 3 heterocycles. The molecule has 0 saturated carbocycles. The minimum absolute atomic E-state index is 0.315. The Morgan fingerprint density at radius 2 is 2.07 bits per heavy atom. The number of rotatable bonds is 5. The first-order chi connectivity index (χ1) is 13.7. The maximum absolute atomic E-state index is 13.7. The van der Waals surface area contributed by atoms with Crippen LogP contribution in [0.2, 0.25) is 0 Å². The van der Waals surface area contributed by atoms with Crippen molar-refractivity contribution in [2.75, 3.05) is 5.32 Å². The summed E-state index contributed by atoms with van der Waals surface area (Å²) in [7, 11) is 0. The summed E-state index contributed by atoms with van der Waals surface area (Å²) < 4.78 is 15.2. The van der Waals surface area contributed by atoms with E-state index in [0.29, 0.717) is 35.0 Å². The lowest BCUT2D eigenvalue weighted by atomic mass is 10.1. The molecule has 8 nitrogen and oxygen atoms in total. The molecule has 28 heavy (non-hydrogen) atoms. The highest BCUT2D eigenvalue weighted by molar-refractivity contribution is 5.62. The monoisotopic (exact) mass is 372 g/mol. The second-order valence-electron chi connectivity index (χ2n) is 5.81. The summed E-state index contributed by atoms with van der Waals surface area (Å²) in [5.74, 6) is -0.183. The van der Waals surface area contributed by atoms with Crippen LogP contribution in [-0.4, -0.2) is 30.2 Å². The van der Waals surface area contributed by atoms with Gasteiger partial charge in [-0.25, -0.2) is 4.98 Å². The number of benzene rings is 1. The van der Waals surface area contributed by atoms with Crippen molar-refractivity contribution in [2.24, 2.45) is 0 Å². The zero-order valence-corrected chi connectivity index (χ0v) is 14.5. The first kappa shape index (κ1) is 17.2. The number of hydrogen-bond acceptors (Lipinski definition) is 7. The SMILES string of the molecule is N#Cc1cccc(-n2nnnc2NCc2ccc(F)nc2-c2cccnc2)c1. The fraction of sp³-hybridized carbons (Fsp3) is 0.0526. The highest BCUT2D eigenvalue weighted by atomic mass is 19.1. The quantitative estimate of drug-likeness (QED) is 0.537. The largest absolute Gasteiger partial charge is 0.349 e. The van der Waals surface area contributed by atoms with Crippen LogP contribution in [0, 0.1) is 17.3 Å². The number of tetrazole rings is 1. The zero-order valence-electron chi connectivity index (χ0n) is 14.5. The lowest BCUT2D eigenvalue weighted by Crippen LogP contribution is -2.09. The standard InChI is InChI=1S/C19H13FN8/c20-17-7-6-15(18(24-17)14-4-2-8-22-11-14)12-23-19-25-26-27-28(19)16-5-1-3-13(9-16)10-21/h1-9,11H,12H2,(H,23,25,27). The molecule has 0 fully saturated rings. The van der Waals surface area contributed by atoms with Crippen molar-refractivity contribution in [1.82, 2.24) is 30.2 Å². The molecule has 0 bridgehead atoms. The van der Waals surface area contributed by atoms with Crippen LogP contribution in [-0.2, 0) is 6.54 Å². The van der Waals surface area contributed by atoms with Crippen LogP contribution in [0.1, 0.15) is 11.1 Å². The van der Waals surface area contributed by atoms with Crippen molar-refractivity contribution in [3.05, 3.63) is 78.0 Å². The van der Waals surface area contributed by atoms with Crippen LogP contribution >= 0.6 is 0 Å². The summed E-state index contributed by atoms with van der Waals surface area (Å²) in [6, 6.07) is 15.6. The average molecular weight is 372 g/mol. The van der Waals surface area contributed by atoms with Crippen LogP contribution < -0.4 is 5.32 Å². The van der Waals surface area contributed by atoms with Gasteiger partial charge in [0.25, 0.3) is 0 Å². The summed E-state index contributed by atoms with van der Waals surface area (Å²) in [6.07, 6.45) is 3.27. The summed E-state index contributed by atoms with van der Waals surface area (Å²) in [5.41, 5.74) is 3.11. The van der Waals surface area contributed by atoms with Gasteiger partial charge in [0.2, 0.25) is 11.9 Å². The fourth-order valence-electron chi connectivity index (χ4n) is 2.71. The van der Waals surface area contributed by atoms with Gasteiger partial charge in [-0.05, 0) is 52.4 Å². The van der Waals surface area contributed by atoms with E-state index >= 15 is 0 Å². The van der Waals surface area contributed by atoms with E-state index in [1.54, 1.807) is 48.8 Å². The van der Waals surface area contributed by atoms with Gasteiger partial charge >= 0.3 is 0 Å². The highest BCUT2D eigenvalue weighted by Gasteiger charge is 2.12.